The molecule has 4 N–H and O–H groups in total. The molecule has 0 unspecified atom stereocenters. The number of aromatic nitrogens is 1. The van der Waals surface area contributed by atoms with Crippen LogP contribution in [0, 0.1) is 5.21 Å². The van der Waals surface area contributed by atoms with E-state index in [2.05, 4.69) is 21.3 Å². The highest BCUT2D eigenvalue weighted by atomic mass is 16.5. The largest absolute Gasteiger partial charge is 0.619 e. The lowest BCUT2D eigenvalue weighted by Crippen LogP contribution is -2.35. The predicted molar refractivity (Wildman–Crippen MR) is 195 cm³/mol. The Labute approximate surface area is 307 Å². The van der Waals surface area contributed by atoms with Crippen LogP contribution in [0.25, 0.3) is 0 Å². The van der Waals surface area contributed by atoms with Crippen molar-refractivity contribution in [2.24, 2.45) is 0 Å². The Morgan fingerprint density at radius 1 is 0.491 bits per heavy atom. The van der Waals surface area contributed by atoms with Gasteiger partial charge in [0.1, 0.15) is 60.6 Å². The van der Waals surface area contributed by atoms with Crippen LogP contribution < -0.4 is 44.9 Å². The number of amides is 4. The molecule has 0 radical (unpaired) electrons. The Kier molecular flexibility index (Phi) is 12.7. The first-order valence-electron chi connectivity index (χ1n) is 17.2. The van der Waals surface area contributed by atoms with Gasteiger partial charge in [0.2, 0.25) is 0 Å². The molecule has 8 bridgehead atoms. The first-order chi connectivity index (χ1) is 25.4. The van der Waals surface area contributed by atoms with Crippen LogP contribution in [0.3, 0.4) is 0 Å². The van der Waals surface area contributed by atoms with E-state index in [1.54, 1.807) is 66.7 Å². The summed E-state index contributed by atoms with van der Waals surface area (Å²) < 4.78 is 23.4. The average Bonchev–Trinajstić information content (AvgIpc) is 3.15. The van der Waals surface area contributed by atoms with Crippen molar-refractivity contribution in [1.29, 1.82) is 0 Å². The molecule has 4 aromatic rings. The van der Waals surface area contributed by atoms with Crippen LogP contribution in [0.4, 0.5) is 0 Å². The highest BCUT2D eigenvalue weighted by Crippen LogP contribution is 2.25. The fourth-order valence-corrected chi connectivity index (χ4v) is 5.13. The molecule has 5 heterocycles. The molecule has 14 heteroatoms. The maximum atomic E-state index is 13.1. The number of ether oxygens (including phenoxy) is 4. The summed E-state index contributed by atoms with van der Waals surface area (Å²) in [4.78, 5) is 51.7. The fourth-order valence-electron chi connectivity index (χ4n) is 5.13. The molecule has 4 amide bonds. The van der Waals surface area contributed by atoms with E-state index >= 15 is 0 Å². The fraction of sp³-hybridized carbons (Fsp3) is 0.308. The second-order valence-corrected chi connectivity index (χ2v) is 13.1. The summed E-state index contributed by atoms with van der Waals surface area (Å²) in [5.41, 5.74) is 1.29. The molecule has 0 atom stereocenters. The van der Waals surface area contributed by atoms with Crippen molar-refractivity contribution in [2.45, 2.75) is 26.2 Å². The van der Waals surface area contributed by atoms with Crippen LogP contribution >= 0.6 is 0 Å². The predicted octanol–water partition coefficient (Wildman–Crippen LogP) is 3.17. The van der Waals surface area contributed by atoms with Crippen molar-refractivity contribution in [3.05, 3.63) is 118 Å². The van der Waals surface area contributed by atoms with Crippen LogP contribution in [0.2, 0.25) is 0 Å². The molecule has 0 fully saturated rings. The van der Waals surface area contributed by atoms with Gasteiger partial charge in [0.05, 0.1) is 26.2 Å². The number of nitrogens with one attached hydrogen (secondary N) is 4. The van der Waals surface area contributed by atoms with Gasteiger partial charge in [0.15, 0.2) is 12.4 Å². The summed E-state index contributed by atoms with van der Waals surface area (Å²) in [6, 6.07) is 20.2. The zero-order chi connectivity index (χ0) is 37.8. The molecule has 4 aliphatic heterocycles. The minimum absolute atomic E-state index is 0.0200. The summed E-state index contributed by atoms with van der Waals surface area (Å²) in [6.07, 6.45) is 2.16. The minimum Gasteiger partial charge on any atom is -0.619 e. The van der Waals surface area contributed by atoms with Crippen molar-refractivity contribution in [3.8, 4) is 23.0 Å². The molecule has 0 saturated carbocycles. The van der Waals surface area contributed by atoms with E-state index in [-0.39, 0.29) is 81.0 Å². The molecule has 0 saturated heterocycles. The molecular weight excluding hydrogens is 682 g/mol. The summed E-state index contributed by atoms with van der Waals surface area (Å²) >= 11 is 0. The summed E-state index contributed by atoms with van der Waals surface area (Å²) in [6.45, 7) is 7.46. The number of benzene rings is 3. The molecule has 14 nitrogen and oxygen atoms in total. The van der Waals surface area contributed by atoms with Crippen LogP contribution in [-0.4, -0.2) is 76.2 Å². The third kappa shape index (κ3) is 11.3. The Bertz CT molecular complexity index is 1780. The molecular formula is C39H43N5O9. The molecule has 0 aliphatic carbocycles. The molecule has 4 aliphatic rings. The van der Waals surface area contributed by atoms with Crippen LogP contribution in [0.15, 0.2) is 85.2 Å². The number of carbonyl (C=O) groups excluding carboxylic acids is 4. The SMILES string of the molecule is CC(C)(C)c1cc2cc(c1)C(=O)NCCOc1ccc(cc1)OCCNC(=O)c1cc(c[n+]([O-])c1)C(=O)NCCOc1ccc(cc1)OCCNC2=O. The van der Waals surface area contributed by atoms with Crippen LogP contribution in [-0.2, 0) is 5.41 Å². The van der Waals surface area contributed by atoms with Gasteiger partial charge >= 0.3 is 0 Å². The van der Waals surface area contributed by atoms with Gasteiger partial charge < -0.3 is 45.4 Å². The van der Waals surface area contributed by atoms with Crippen LogP contribution in [0.1, 0.15) is 67.8 Å². The van der Waals surface area contributed by atoms with E-state index < -0.39 is 11.8 Å². The standard InChI is InChI=1S/C39H43N5O9/c1-39(2,3)30-22-26-20-27(23-30)36(46)41-13-17-51-32-6-10-34(11-7-32)53-19-15-43-38(48)29-21-28(24-44(49)25-29)37(47)42-14-18-52-33-8-4-31(5-9-33)50-16-12-40-35(26)45/h4-11,20-25H,12-19H2,1-3H3,(H,40,45)(H,41,46)(H,42,47)(H,43,48). The zero-order valence-corrected chi connectivity index (χ0v) is 29.9. The second kappa shape index (κ2) is 17.8. The number of hydrogen-bond donors (Lipinski definition) is 4. The van der Waals surface area contributed by atoms with Crippen molar-refractivity contribution >= 4 is 23.6 Å². The lowest BCUT2D eigenvalue weighted by atomic mass is 9.85. The van der Waals surface area contributed by atoms with E-state index in [4.69, 9.17) is 18.9 Å². The Hall–Kier alpha value is -6.31. The number of hydrogen-bond acceptors (Lipinski definition) is 9. The highest BCUT2D eigenvalue weighted by Gasteiger charge is 2.20. The topological polar surface area (TPSA) is 180 Å². The summed E-state index contributed by atoms with van der Waals surface area (Å²) in [7, 11) is 0. The maximum Gasteiger partial charge on any atom is 0.257 e. The molecule has 278 valence electrons. The normalized spacial score (nSPS) is 15.5. The Balaban J connectivity index is 1.25. The lowest BCUT2D eigenvalue weighted by molar-refractivity contribution is -0.605. The molecule has 3 aromatic carbocycles. The first-order valence-corrected chi connectivity index (χ1v) is 17.2. The van der Waals surface area contributed by atoms with Crippen molar-refractivity contribution in [1.82, 2.24) is 21.3 Å². The zero-order valence-electron chi connectivity index (χ0n) is 29.9. The van der Waals surface area contributed by atoms with Gasteiger partial charge in [-0.15, -0.1) is 0 Å². The van der Waals surface area contributed by atoms with Gasteiger partial charge in [0, 0.05) is 11.1 Å². The third-order valence-corrected chi connectivity index (χ3v) is 7.96. The summed E-state index contributed by atoms with van der Waals surface area (Å²) in [5, 5.41) is 23.2. The van der Waals surface area contributed by atoms with E-state index in [0.717, 1.165) is 18.0 Å². The number of rotatable bonds is 0. The van der Waals surface area contributed by atoms with Crippen LogP contribution in [0.5, 0.6) is 23.0 Å². The Morgan fingerprint density at radius 3 is 1.08 bits per heavy atom. The minimum atomic E-state index is -0.538. The highest BCUT2D eigenvalue weighted by molar-refractivity contribution is 6.00. The number of carbonyl (C=O) groups is 4. The van der Waals surface area contributed by atoms with Gasteiger partial charge in [0.25, 0.3) is 23.6 Å². The van der Waals surface area contributed by atoms with Crippen molar-refractivity contribution in [3.63, 3.8) is 0 Å². The second-order valence-electron chi connectivity index (χ2n) is 13.1. The van der Waals surface area contributed by atoms with Gasteiger partial charge in [-0.2, -0.15) is 4.73 Å². The smallest absolute Gasteiger partial charge is 0.257 e. The average molecular weight is 726 g/mol. The number of pyridine rings is 1. The first kappa shape index (κ1) is 37.9. The third-order valence-electron chi connectivity index (χ3n) is 7.96. The summed E-state index contributed by atoms with van der Waals surface area (Å²) in [5.74, 6) is 0.473. The molecule has 0 spiro atoms. The van der Waals surface area contributed by atoms with E-state index in [9.17, 15) is 24.4 Å². The van der Waals surface area contributed by atoms with Gasteiger partial charge in [-0.05, 0) is 83.8 Å². The van der Waals surface area contributed by atoms with Crippen molar-refractivity contribution < 1.29 is 42.9 Å². The van der Waals surface area contributed by atoms with Gasteiger partial charge in [-0.1, -0.05) is 20.8 Å². The maximum absolute atomic E-state index is 13.1. The van der Waals surface area contributed by atoms with E-state index in [1.165, 1.54) is 6.07 Å². The number of nitrogens with zero attached hydrogens (tertiary/aromatic N) is 1. The van der Waals surface area contributed by atoms with E-state index in [1.807, 2.05) is 20.8 Å². The van der Waals surface area contributed by atoms with Gasteiger partial charge in [-0.3, -0.25) is 19.2 Å². The lowest BCUT2D eigenvalue weighted by Gasteiger charge is -2.21. The monoisotopic (exact) mass is 725 g/mol. The molecule has 1 aromatic heterocycles. The van der Waals surface area contributed by atoms with E-state index in [0.29, 0.717) is 38.9 Å². The quantitative estimate of drug-likeness (QED) is 0.157. The van der Waals surface area contributed by atoms with Gasteiger partial charge in [-0.25, -0.2) is 0 Å². The molecule has 8 rings (SSSR count). The van der Waals surface area contributed by atoms with Crippen molar-refractivity contribution in [2.75, 3.05) is 52.6 Å². The molecule has 53 heavy (non-hydrogen) atoms. The Morgan fingerprint density at radius 2 is 0.774 bits per heavy atom.